The fourth-order valence-electron chi connectivity index (χ4n) is 3.82. The molecule has 0 amide bonds. The van der Waals surface area contributed by atoms with E-state index in [0.29, 0.717) is 11.4 Å². The summed E-state index contributed by atoms with van der Waals surface area (Å²) in [6.45, 7) is 1.58. The van der Waals surface area contributed by atoms with Crippen LogP contribution < -0.4 is 20.3 Å². The van der Waals surface area contributed by atoms with Crippen molar-refractivity contribution in [3.63, 3.8) is 0 Å². The molecule has 0 unspecified atom stereocenters. The first-order chi connectivity index (χ1) is 16.6. The molecule has 2 heterocycles. The fourth-order valence-corrected chi connectivity index (χ4v) is 4.26. The lowest BCUT2D eigenvalue weighted by Crippen LogP contribution is -2.50. The number of ether oxygens (including phenoxy) is 2. The highest BCUT2D eigenvalue weighted by molar-refractivity contribution is 7.94. The van der Waals surface area contributed by atoms with E-state index in [9.17, 15) is 9.18 Å². The second-order valence-corrected chi connectivity index (χ2v) is 8.77. The van der Waals surface area contributed by atoms with Crippen molar-refractivity contribution >= 4 is 22.9 Å². The topological polar surface area (TPSA) is 85.5 Å². The summed E-state index contributed by atoms with van der Waals surface area (Å²) in [5.41, 5.74) is 2.30. The molecule has 0 bridgehead atoms. The Hall–Kier alpha value is -3.40. The van der Waals surface area contributed by atoms with Gasteiger partial charge in [0.15, 0.2) is 0 Å². The van der Waals surface area contributed by atoms with E-state index in [0.717, 1.165) is 34.9 Å². The monoisotopic (exact) mass is 479 g/mol. The summed E-state index contributed by atoms with van der Waals surface area (Å²) in [6.07, 6.45) is 0.0990. The maximum atomic E-state index is 14.1. The van der Waals surface area contributed by atoms with Crippen LogP contribution in [0.4, 0.5) is 4.39 Å². The Morgan fingerprint density at radius 2 is 1.76 bits per heavy atom. The van der Waals surface area contributed by atoms with Crippen LogP contribution >= 0.6 is 12.0 Å². The molecule has 1 saturated heterocycles. The normalized spacial score (nSPS) is 13.6. The van der Waals surface area contributed by atoms with Gasteiger partial charge in [-0.2, -0.15) is 0 Å². The van der Waals surface area contributed by atoms with E-state index in [1.165, 1.54) is 31.3 Å². The third-order valence-electron chi connectivity index (χ3n) is 5.59. The van der Waals surface area contributed by atoms with Crippen molar-refractivity contribution < 1.29 is 18.0 Å². The molecular weight excluding hydrogens is 457 g/mol. The minimum atomic E-state index is -0.527. The Morgan fingerprint density at radius 1 is 1.00 bits per heavy atom. The van der Waals surface area contributed by atoms with Gasteiger partial charge in [-0.15, -0.1) is 0 Å². The smallest absolute Gasteiger partial charge is 0.262 e. The average molecular weight is 480 g/mol. The maximum absolute atomic E-state index is 14.1. The molecule has 0 radical (unpaired) electrons. The average Bonchev–Trinajstić information content (AvgIpc) is 2.81. The number of benzene rings is 3. The largest absolute Gasteiger partial charge is 0.496 e. The number of H-pyrrole nitrogens is 1. The number of hydrogen-bond acceptors (Lipinski definition) is 7. The van der Waals surface area contributed by atoms with Gasteiger partial charge in [-0.1, -0.05) is 12.1 Å². The van der Waals surface area contributed by atoms with Crippen molar-refractivity contribution in [2.75, 3.05) is 27.3 Å². The number of nitrogens with one attached hydrogen (secondary N) is 2. The van der Waals surface area contributed by atoms with Crippen molar-refractivity contribution in [3.8, 4) is 34.0 Å². The van der Waals surface area contributed by atoms with Crippen molar-refractivity contribution in [1.29, 1.82) is 0 Å². The van der Waals surface area contributed by atoms with Gasteiger partial charge in [0, 0.05) is 53.3 Å². The van der Waals surface area contributed by atoms with E-state index < -0.39 is 11.4 Å². The first kappa shape index (κ1) is 22.4. The Bertz CT molecular complexity index is 1400. The number of hydrogen-bond donors (Lipinski definition) is 2. The summed E-state index contributed by atoms with van der Waals surface area (Å²) in [7, 11) is 3.01. The molecule has 0 aliphatic carbocycles. The van der Waals surface area contributed by atoms with Crippen molar-refractivity contribution in [2.24, 2.45) is 0 Å². The van der Waals surface area contributed by atoms with E-state index in [1.807, 2.05) is 42.5 Å². The quantitative estimate of drug-likeness (QED) is 0.380. The second kappa shape index (κ2) is 9.46. The Morgan fingerprint density at radius 3 is 2.44 bits per heavy atom. The number of fused-ring (bicyclic) bond motifs is 1. The molecule has 174 valence electrons. The molecule has 4 aromatic rings. The van der Waals surface area contributed by atoms with E-state index in [1.54, 1.807) is 7.11 Å². The predicted octanol–water partition coefficient (Wildman–Crippen LogP) is 4.41. The minimum absolute atomic E-state index is 0.0990. The molecule has 9 heteroatoms. The number of rotatable bonds is 7. The van der Waals surface area contributed by atoms with Crippen molar-refractivity contribution in [2.45, 2.75) is 11.0 Å². The van der Waals surface area contributed by atoms with Gasteiger partial charge in [0.2, 0.25) is 0 Å². The number of aromatic nitrogens is 2. The molecule has 5 rings (SSSR count). The molecule has 0 atom stereocenters. The molecule has 0 saturated carbocycles. The summed E-state index contributed by atoms with van der Waals surface area (Å²) >= 11 is 1.28. The maximum Gasteiger partial charge on any atom is 0.262 e. The highest BCUT2D eigenvalue weighted by Gasteiger charge is 2.21. The van der Waals surface area contributed by atoms with Gasteiger partial charge in [-0.05, 0) is 35.9 Å². The first-order valence-electron chi connectivity index (χ1n) is 10.7. The van der Waals surface area contributed by atoms with Crippen molar-refractivity contribution in [1.82, 2.24) is 15.3 Å². The molecule has 3 aromatic carbocycles. The van der Waals surface area contributed by atoms with Crippen LogP contribution in [0.3, 0.4) is 0 Å². The molecule has 34 heavy (non-hydrogen) atoms. The number of halogens is 1. The summed E-state index contributed by atoms with van der Waals surface area (Å²) in [5, 5.41) is 3.41. The zero-order valence-electron chi connectivity index (χ0n) is 18.6. The van der Waals surface area contributed by atoms with Gasteiger partial charge in [0.05, 0.1) is 19.7 Å². The van der Waals surface area contributed by atoms with Gasteiger partial charge in [0.1, 0.15) is 34.6 Å². The van der Waals surface area contributed by atoms with Gasteiger partial charge >= 0.3 is 0 Å². The molecule has 1 fully saturated rings. The highest BCUT2D eigenvalue weighted by atomic mass is 32.2. The van der Waals surface area contributed by atoms with Crippen LogP contribution in [0.15, 0.2) is 64.3 Å². The number of nitrogens with zero attached hydrogens (tertiary/aromatic N) is 1. The van der Waals surface area contributed by atoms with Gasteiger partial charge in [-0.25, -0.2) is 9.37 Å². The molecular formula is C25H22FN3O4S. The molecule has 0 spiro atoms. The lowest BCUT2D eigenvalue weighted by atomic mass is 10.0. The third-order valence-corrected chi connectivity index (χ3v) is 6.22. The fraction of sp³-hybridized carbons (Fsp3) is 0.200. The van der Waals surface area contributed by atoms with Crippen molar-refractivity contribution in [3.05, 3.63) is 70.8 Å². The van der Waals surface area contributed by atoms with E-state index in [-0.39, 0.29) is 22.8 Å². The lowest BCUT2D eigenvalue weighted by molar-refractivity contribution is 0.143. The molecule has 1 aliphatic rings. The van der Waals surface area contributed by atoms with Crippen LogP contribution in [-0.4, -0.2) is 43.4 Å². The highest BCUT2D eigenvalue weighted by Crippen LogP contribution is 2.36. The molecule has 7 nitrogen and oxygen atoms in total. The molecule has 1 aliphatic heterocycles. The second-order valence-electron chi connectivity index (χ2n) is 7.80. The minimum Gasteiger partial charge on any atom is -0.496 e. The van der Waals surface area contributed by atoms with Crippen LogP contribution in [0.1, 0.15) is 0 Å². The third kappa shape index (κ3) is 4.37. The summed E-state index contributed by atoms with van der Waals surface area (Å²) in [6, 6.07) is 15.9. The van der Waals surface area contributed by atoms with E-state index in [2.05, 4.69) is 15.3 Å². The molecule has 1 aromatic heterocycles. The lowest BCUT2D eigenvalue weighted by Gasteiger charge is -2.29. The zero-order chi connectivity index (χ0) is 23.7. The van der Waals surface area contributed by atoms with Gasteiger partial charge in [0.25, 0.3) is 5.56 Å². The van der Waals surface area contributed by atoms with Gasteiger partial charge in [-0.3, -0.25) is 4.79 Å². The van der Waals surface area contributed by atoms with E-state index >= 15 is 0 Å². The number of aromatic amines is 1. The predicted molar refractivity (Wildman–Crippen MR) is 130 cm³/mol. The first-order valence-corrected chi connectivity index (χ1v) is 11.4. The summed E-state index contributed by atoms with van der Waals surface area (Å²) in [4.78, 5) is 21.1. The van der Waals surface area contributed by atoms with Crippen LogP contribution in [0.5, 0.6) is 11.5 Å². The Kier molecular flexibility index (Phi) is 6.23. The van der Waals surface area contributed by atoms with E-state index in [4.69, 9.17) is 13.7 Å². The van der Waals surface area contributed by atoms with Crippen LogP contribution in [0.25, 0.3) is 33.4 Å². The number of methoxy groups -OCH3 is 1. The van der Waals surface area contributed by atoms with Gasteiger partial charge < -0.3 is 24.0 Å². The Balaban J connectivity index is 1.61. The van der Waals surface area contributed by atoms with Crippen LogP contribution in [0.2, 0.25) is 0 Å². The summed E-state index contributed by atoms with van der Waals surface area (Å²) < 4.78 is 30.6. The van der Waals surface area contributed by atoms with Crippen LogP contribution in [0, 0.1) is 5.82 Å². The van der Waals surface area contributed by atoms with Crippen LogP contribution in [-0.2, 0) is 4.18 Å². The Labute approximate surface area is 199 Å². The zero-order valence-corrected chi connectivity index (χ0v) is 19.4. The SMILES string of the molecule is COSc1ccc(-c2cc(-c3nc4cc(F)cc(OC)c4c(=O)[nH]3)ccc2OC2CNC2)cc1. The standard InChI is InChI=1S/C25H22FN3O4S/c1-31-22-11-16(26)10-20-23(22)25(30)29-24(28-20)15-5-8-21(33-17-12-27-13-17)19(9-15)14-3-6-18(7-4-14)34-32-2/h3-11,17,27H,12-13H2,1-2H3,(H,28,29,30). The summed E-state index contributed by atoms with van der Waals surface area (Å²) in [5.74, 6) is 0.678. The molecule has 2 N–H and O–H groups in total.